The predicted octanol–water partition coefficient (Wildman–Crippen LogP) is 3.14. The minimum absolute atomic E-state index is 0.138. The van der Waals surface area contributed by atoms with Crippen LogP contribution in [0.25, 0.3) is 0 Å². The summed E-state index contributed by atoms with van der Waals surface area (Å²) in [6.07, 6.45) is 0. The van der Waals surface area contributed by atoms with Crippen LogP contribution in [0.5, 0.6) is 5.75 Å². The van der Waals surface area contributed by atoms with Gasteiger partial charge in [0.25, 0.3) is 5.91 Å². The lowest BCUT2D eigenvalue weighted by molar-refractivity contribution is 0.0773. The summed E-state index contributed by atoms with van der Waals surface area (Å²) in [5.74, 6) is 0.593. The summed E-state index contributed by atoms with van der Waals surface area (Å²) in [4.78, 5) is 14.2. The Bertz CT molecular complexity index is 902. The van der Waals surface area contributed by atoms with E-state index in [2.05, 4.69) is 10.8 Å². The Labute approximate surface area is 167 Å². The topological polar surface area (TPSA) is 75.7 Å². The van der Waals surface area contributed by atoms with E-state index in [0.29, 0.717) is 18.7 Å². The van der Waals surface area contributed by atoms with Crippen molar-refractivity contribution in [3.05, 3.63) is 59.2 Å². The predicted molar refractivity (Wildman–Crippen MR) is 110 cm³/mol. The molecular weight excluding hydrogens is 376 g/mol. The highest BCUT2D eigenvalue weighted by molar-refractivity contribution is 7.89. The van der Waals surface area contributed by atoms with Crippen LogP contribution in [-0.2, 0) is 10.0 Å². The van der Waals surface area contributed by atoms with E-state index in [9.17, 15) is 13.2 Å². The fourth-order valence-corrected chi connectivity index (χ4v) is 4.04. The maximum absolute atomic E-state index is 12.5. The highest BCUT2D eigenvalue weighted by Gasteiger charge is 2.17. The number of rotatable bonds is 8. The first-order valence-electron chi connectivity index (χ1n) is 9.17. The fourth-order valence-electron chi connectivity index (χ4n) is 2.79. The Morgan fingerprint density at radius 1 is 1.07 bits per heavy atom. The van der Waals surface area contributed by atoms with Gasteiger partial charge in [0, 0.05) is 18.7 Å². The molecule has 28 heavy (non-hydrogen) atoms. The van der Waals surface area contributed by atoms with Crippen molar-refractivity contribution in [1.29, 1.82) is 0 Å². The normalized spacial score (nSPS) is 11.5. The standard InChI is InChI=1S/C21H28N2O4S/c1-15(2)22-28(25,26)20-8-6-18(7-9-20)21(24)23(5)10-11-27-19-13-16(3)12-17(4)14-19/h6-9,12-15,22H,10-11H2,1-5H3. The first-order chi connectivity index (χ1) is 13.1. The number of carbonyl (C=O) groups excluding carboxylic acids is 1. The molecule has 0 atom stereocenters. The lowest BCUT2D eigenvalue weighted by Crippen LogP contribution is -2.31. The third-order valence-electron chi connectivity index (χ3n) is 4.04. The van der Waals surface area contributed by atoms with Crippen LogP contribution in [-0.4, -0.2) is 45.5 Å². The molecule has 0 aliphatic rings. The van der Waals surface area contributed by atoms with E-state index in [1.807, 2.05) is 26.0 Å². The molecule has 0 fully saturated rings. The van der Waals surface area contributed by atoms with Crippen molar-refractivity contribution in [2.24, 2.45) is 0 Å². The molecule has 152 valence electrons. The summed E-state index contributed by atoms with van der Waals surface area (Å²) < 4.78 is 32.6. The van der Waals surface area contributed by atoms with Crippen molar-refractivity contribution < 1.29 is 17.9 Å². The van der Waals surface area contributed by atoms with Crippen molar-refractivity contribution in [3.63, 3.8) is 0 Å². The van der Waals surface area contributed by atoms with Gasteiger partial charge >= 0.3 is 0 Å². The Kier molecular flexibility index (Phi) is 7.21. The molecule has 0 aliphatic carbocycles. The summed E-state index contributed by atoms with van der Waals surface area (Å²) in [5, 5.41) is 0. The second-order valence-corrected chi connectivity index (χ2v) is 8.91. The summed E-state index contributed by atoms with van der Waals surface area (Å²) >= 11 is 0. The zero-order chi connectivity index (χ0) is 20.9. The van der Waals surface area contributed by atoms with Gasteiger partial charge in [0.1, 0.15) is 12.4 Å². The summed E-state index contributed by atoms with van der Waals surface area (Å²) in [6.45, 7) is 8.32. The van der Waals surface area contributed by atoms with E-state index >= 15 is 0 Å². The van der Waals surface area contributed by atoms with Gasteiger partial charge in [-0.1, -0.05) is 6.07 Å². The average Bonchev–Trinajstić information content (AvgIpc) is 2.59. The van der Waals surface area contributed by atoms with Crippen LogP contribution in [0.3, 0.4) is 0 Å². The number of nitrogens with one attached hydrogen (secondary N) is 1. The summed E-state index contributed by atoms with van der Waals surface area (Å²) in [7, 11) is -1.88. The molecule has 0 bridgehead atoms. The van der Waals surface area contributed by atoms with Crippen LogP contribution in [0.1, 0.15) is 35.3 Å². The molecule has 0 unspecified atom stereocenters. The maximum Gasteiger partial charge on any atom is 0.253 e. The first-order valence-corrected chi connectivity index (χ1v) is 10.7. The molecule has 1 amide bonds. The molecule has 2 aromatic carbocycles. The first kappa shape index (κ1) is 21.9. The van der Waals surface area contributed by atoms with E-state index < -0.39 is 10.0 Å². The molecule has 6 nitrogen and oxygen atoms in total. The molecule has 0 aromatic heterocycles. The Morgan fingerprint density at radius 2 is 1.64 bits per heavy atom. The van der Waals surface area contributed by atoms with E-state index in [4.69, 9.17) is 4.74 Å². The number of amides is 1. The van der Waals surface area contributed by atoms with E-state index in [1.54, 1.807) is 25.8 Å². The van der Waals surface area contributed by atoms with Crippen LogP contribution in [0.15, 0.2) is 47.4 Å². The Morgan fingerprint density at radius 3 is 2.18 bits per heavy atom. The molecule has 0 radical (unpaired) electrons. The van der Waals surface area contributed by atoms with Crippen molar-refractivity contribution >= 4 is 15.9 Å². The van der Waals surface area contributed by atoms with Gasteiger partial charge in [-0.2, -0.15) is 0 Å². The Balaban J connectivity index is 1.95. The summed E-state index contributed by atoms with van der Waals surface area (Å²) in [5.41, 5.74) is 2.68. The van der Waals surface area contributed by atoms with Crippen molar-refractivity contribution in [2.75, 3.05) is 20.2 Å². The largest absolute Gasteiger partial charge is 0.492 e. The van der Waals surface area contributed by atoms with Gasteiger partial charge in [-0.15, -0.1) is 0 Å². The number of aryl methyl sites for hydroxylation is 2. The molecule has 0 heterocycles. The van der Waals surface area contributed by atoms with E-state index in [1.165, 1.54) is 24.3 Å². The average molecular weight is 405 g/mol. The minimum Gasteiger partial charge on any atom is -0.492 e. The van der Waals surface area contributed by atoms with Crippen LogP contribution < -0.4 is 9.46 Å². The van der Waals surface area contributed by atoms with Crippen LogP contribution in [0.2, 0.25) is 0 Å². The third-order valence-corrected chi connectivity index (χ3v) is 5.71. The van der Waals surface area contributed by atoms with Crippen molar-refractivity contribution in [1.82, 2.24) is 9.62 Å². The molecule has 0 spiro atoms. The van der Waals surface area contributed by atoms with Crippen LogP contribution in [0, 0.1) is 13.8 Å². The van der Waals surface area contributed by atoms with Gasteiger partial charge in [-0.25, -0.2) is 13.1 Å². The van der Waals surface area contributed by atoms with Gasteiger partial charge in [-0.3, -0.25) is 4.79 Å². The number of carbonyl (C=O) groups is 1. The zero-order valence-corrected chi connectivity index (χ0v) is 17.8. The number of benzene rings is 2. The maximum atomic E-state index is 12.5. The van der Waals surface area contributed by atoms with Gasteiger partial charge in [0.15, 0.2) is 0 Å². The molecule has 0 saturated heterocycles. The molecule has 1 N–H and O–H groups in total. The molecule has 2 aromatic rings. The zero-order valence-electron chi connectivity index (χ0n) is 17.0. The van der Waals surface area contributed by atoms with Gasteiger partial charge in [0.2, 0.25) is 10.0 Å². The van der Waals surface area contributed by atoms with Gasteiger partial charge in [-0.05, 0) is 75.2 Å². The number of ether oxygens (including phenoxy) is 1. The molecule has 2 rings (SSSR count). The minimum atomic E-state index is -3.57. The number of sulfonamides is 1. The molecule has 0 aliphatic heterocycles. The second kappa shape index (κ2) is 9.21. The van der Waals surface area contributed by atoms with Crippen molar-refractivity contribution in [3.8, 4) is 5.75 Å². The van der Waals surface area contributed by atoms with Gasteiger partial charge < -0.3 is 9.64 Å². The number of hydrogen-bond donors (Lipinski definition) is 1. The smallest absolute Gasteiger partial charge is 0.253 e. The number of nitrogens with zero attached hydrogens (tertiary/aromatic N) is 1. The second-order valence-electron chi connectivity index (χ2n) is 7.20. The lowest BCUT2D eigenvalue weighted by Gasteiger charge is -2.18. The molecule has 7 heteroatoms. The van der Waals surface area contributed by atoms with Gasteiger partial charge in [0.05, 0.1) is 11.4 Å². The van der Waals surface area contributed by atoms with E-state index in [0.717, 1.165) is 16.9 Å². The molecular formula is C21H28N2O4S. The number of likely N-dealkylation sites (N-methyl/N-ethyl adjacent to an activating group) is 1. The highest BCUT2D eigenvalue weighted by Crippen LogP contribution is 2.16. The Hall–Kier alpha value is -2.38. The van der Waals surface area contributed by atoms with Crippen LogP contribution in [0.4, 0.5) is 0 Å². The van der Waals surface area contributed by atoms with E-state index in [-0.39, 0.29) is 16.8 Å². The van der Waals surface area contributed by atoms with Crippen molar-refractivity contribution in [2.45, 2.75) is 38.6 Å². The summed E-state index contributed by atoms with van der Waals surface area (Å²) in [6, 6.07) is 11.7. The number of hydrogen-bond acceptors (Lipinski definition) is 4. The monoisotopic (exact) mass is 404 g/mol. The lowest BCUT2D eigenvalue weighted by atomic mass is 10.1. The molecule has 0 saturated carbocycles. The highest BCUT2D eigenvalue weighted by atomic mass is 32.2. The SMILES string of the molecule is Cc1cc(C)cc(OCCN(C)C(=O)c2ccc(S(=O)(=O)NC(C)C)cc2)c1. The van der Waals surface area contributed by atoms with Crippen LogP contribution >= 0.6 is 0 Å². The quantitative estimate of drug-likeness (QED) is 0.733. The fraction of sp³-hybridized carbons (Fsp3) is 0.381. The third kappa shape index (κ3) is 6.07.